The van der Waals surface area contributed by atoms with E-state index in [1.807, 2.05) is 24.3 Å². The smallest absolute Gasteiger partial charge is 0.335 e. The Bertz CT molecular complexity index is 1070. The normalized spacial score (nSPS) is 15.7. The molecule has 1 aliphatic carbocycles. The standard InChI is InChI=1S/C21H21N5O3/c22-20(29)21(8-2-1-3-9-21)15-5-4-6-16(12-15)26-13-18(24-25-26)17-11-14(19(27)28)7-10-23-17/h4-7,10-13H,1-3,8-9H2,(H2,22,29)(H,27,28). The van der Waals surface area contributed by atoms with Gasteiger partial charge < -0.3 is 10.8 Å². The van der Waals surface area contributed by atoms with Gasteiger partial charge in [0.1, 0.15) is 5.69 Å². The third-order valence-corrected chi connectivity index (χ3v) is 5.60. The summed E-state index contributed by atoms with van der Waals surface area (Å²) < 4.78 is 1.59. The number of benzene rings is 1. The highest BCUT2D eigenvalue weighted by atomic mass is 16.4. The van der Waals surface area contributed by atoms with E-state index in [9.17, 15) is 9.59 Å². The van der Waals surface area contributed by atoms with Gasteiger partial charge in [0, 0.05) is 6.20 Å². The molecule has 8 heteroatoms. The lowest BCUT2D eigenvalue weighted by molar-refractivity contribution is -0.124. The predicted octanol–water partition coefficient (Wildman–Crippen LogP) is 2.71. The van der Waals surface area contributed by atoms with Gasteiger partial charge in [-0.1, -0.05) is 36.6 Å². The second-order valence-corrected chi connectivity index (χ2v) is 7.34. The van der Waals surface area contributed by atoms with Gasteiger partial charge in [0.2, 0.25) is 5.91 Å². The second kappa shape index (κ2) is 7.46. The number of aromatic carboxylic acids is 1. The van der Waals surface area contributed by atoms with Gasteiger partial charge >= 0.3 is 5.97 Å². The molecule has 0 aliphatic heterocycles. The lowest BCUT2D eigenvalue weighted by atomic mass is 9.69. The molecule has 1 fully saturated rings. The topological polar surface area (TPSA) is 124 Å². The molecule has 3 aromatic rings. The van der Waals surface area contributed by atoms with Gasteiger partial charge in [-0.05, 0) is 42.7 Å². The number of pyridine rings is 1. The lowest BCUT2D eigenvalue weighted by Crippen LogP contribution is -2.42. The number of amides is 1. The fraction of sp³-hybridized carbons (Fsp3) is 0.286. The van der Waals surface area contributed by atoms with E-state index < -0.39 is 11.4 Å². The summed E-state index contributed by atoms with van der Waals surface area (Å²) in [7, 11) is 0. The summed E-state index contributed by atoms with van der Waals surface area (Å²) in [4.78, 5) is 27.7. The zero-order valence-corrected chi connectivity index (χ0v) is 15.8. The molecule has 0 radical (unpaired) electrons. The third kappa shape index (κ3) is 3.49. The van der Waals surface area contributed by atoms with E-state index in [1.54, 1.807) is 10.9 Å². The van der Waals surface area contributed by atoms with Crippen molar-refractivity contribution in [2.45, 2.75) is 37.5 Å². The molecule has 1 aromatic carbocycles. The van der Waals surface area contributed by atoms with Crippen LogP contribution in [0.4, 0.5) is 0 Å². The minimum absolute atomic E-state index is 0.132. The molecule has 0 bridgehead atoms. The van der Waals surface area contributed by atoms with Crippen LogP contribution in [0.5, 0.6) is 0 Å². The Morgan fingerprint density at radius 2 is 1.86 bits per heavy atom. The minimum atomic E-state index is -1.03. The third-order valence-electron chi connectivity index (χ3n) is 5.60. The monoisotopic (exact) mass is 391 g/mol. The van der Waals surface area contributed by atoms with Crippen molar-refractivity contribution < 1.29 is 14.7 Å². The van der Waals surface area contributed by atoms with Gasteiger partial charge in [0.25, 0.3) is 0 Å². The Kier molecular flexibility index (Phi) is 4.84. The molecule has 1 amide bonds. The molecule has 29 heavy (non-hydrogen) atoms. The van der Waals surface area contributed by atoms with Gasteiger partial charge in [-0.2, -0.15) is 0 Å². The summed E-state index contributed by atoms with van der Waals surface area (Å²) in [5.74, 6) is -1.32. The molecule has 0 atom stereocenters. The molecule has 0 unspecified atom stereocenters. The Hall–Kier alpha value is -3.55. The molecule has 3 N–H and O–H groups in total. The van der Waals surface area contributed by atoms with E-state index in [2.05, 4.69) is 15.3 Å². The highest BCUT2D eigenvalue weighted by Crippen LogP contribution is 2.39. The van der Waals surface area contributed by atoms with Crippen molar-refractivity contribution in [2.24, 2.45) is 5.73 Å². The van der Waals surface area contributed by atoms with Crippen LogP contribution in [0.3, 0.4) is 0 Å². The number of carboxylic acid groups (broad SMARTS) is 1. The first-order valence-corrected chi connectivity index (χ1v) is 9.52. The first kappa shape index (κ1) is 18.8. The maximum atomic E-state index is 12.3. The average Bonchev–Trinajstić information content (AvgIpc) is 3.25. The summed E-state index contributed by atoms with van der Waals surface area (Å²) in [5, 5.41) is 17.4. The molecule has 2 aromatic heterocycles. The van der Waals surface area contributed by atoms with Gasteiger partial charge in [-0.25, -0.2) is 9.48 Å². The van der Waals surface area contributed by atoms with Crippen LogP contribution >= 0.6 is 0 Å². The molecule has 1 aliphatic rings. The zero-order chi connectivity index (χ0) is 20.4. The van der Waals surface area contributed by atoms with Crippen LogP contribution in [0.2, 0.25) is 0 Å². The number of hydrogen-bond acceptors (Lipinski definition) is 5. The Labute approximate surface area is 167 Å². The van der Waals surface area contributed by atoms with E-state index in [0.29, 0.717) is 11.4 Å². The molecule has 8 nitrogen and oxygen atoms in total. The number of primary amides is 1. The van der Waals surface area contributed by atoms with Crippen LogP contribution in [0.25, 0.3) is 17.1 Å². The number of rotatable bonds is 5. The van der Waals surface area contributed by atoms with Crippen LogP contribution in [-0.2, 0) is 10.2 Å². The van der Waals surface area contributed by atoms with Crippen molar-refractivity contribution in [3.05, 3.63) is 59.9 Å². The number of nitrogens with zero attached hydrogens (tertiary/aromatic N) is 4. The number of carbonyl (C=O) groups is 2. The fourth-order valence-corrected chi connectivity index (χ4v) is 3.99. The maximum absolute atomic E-state index is 12.3. The number of hydrogen-bond donors (Lipinski definition) is 2. The fourth-order valence-electron chi connectivity index (χ4n) is 3.99. The molecule has 2 heterocycles. The Balaban J connectivity index is 1.69. The van der Waals surface area contributed by atoms with Crippen molar-refractivity contribution in [3.63, 3.8) is 0 Å². The van der Waals surface area contributed by atoms with Crippen LogP contribution in [0, 0.1) is 0 Å². The van der Waals surface area contributed by atoms with E-state index in [4.69, 9.17) is 10.8 Å². The SMILES string of the molecule is NC(=O)C1(c2cccc(-n3cc(-c4cc(C(=O)O)ccn4)nn3)c2)CCCCC1. The molecule has 148 valence electrons. The van der Waals surface area contributed by atoms with Crippen molar-refractivity contribution in [1.82, 2.24) is 20.0 Å². The van der Waals surface area contributed by atoms with Gasteiger partial charge in [-0.3, -0.25) is 9.78 Å². The van der Waals surface area contributed by atoms with Crippen molar-refractivity contribution in [2.75, 3.05) is 0 Å². The van der Waals surface area contributed by atoms with Gasteiger partial charge in [0.05, 0.1) is 28.6 Å². The van der Waals surface area contributed by atoms with Crippen molar-refractivity contribution >= 4 is 11.9 Å². The van der Waals surface area contributed by atoms with E-state index in [-0.39, 0.29) is 11.5 Å². The summed E-state index contributed by atoms with van der Waals surface area (Å²) in [6.45, 7) is 0. The summed E-state index contributed by atoms with van der Waals surface area (Å²) >= 11 is 0. The second-order valence-electron chi connectivity index (χ2n) is 7.34. The lowest BCUT2D eigenvalue weighted by Gasteiger charge is -2.35. The summed E-state index contributed by atoms with van der Waals surface area (Å²) in [6.07, 6.45) is 7.69. The first-order chi connectivity index (χ1) is 14.0. The molecule has 1 saturated carbocycles. The zero-order valence-electron chi connectivity index (χ0n) is 15.8. The van der Waals surface area contributed by atoms with Crippen LogP contribution in [0.15, 0.2) is 48.8 Å². The average molecular weight is 391 g/mol. The minimum Gasteiger partial charge on any atom is -0.478 e. The number of aromatic nitrogens is 4. The number of nitrogens with two attached hydrogens (primary N) is 1. The largest absolute Gasteiger partial charge is 0.478 e. The predicted molar refractivity (Wildman–Crippen MR) is 106 cm³/mol. The molecule has 0 saturated heterocycles. The molecule has 0 spiro atoms. The summed E-state index contributed by atoms with van der Waals surface area (Å²) in [5.41, 5.74) is 7.83. The van der Waals surface area contributed by atoms with Crippen molar-refractivity contribution in [1.29, 1.82) is 0 Å². The van der Waals surface area contributed by atoms with Crippen LogP contribution in [0.1, 0.15) is 48.0 Å². The van der Waals surface area contributed by atoms with Crippen LogP contribution < -0.4 is 5.73 Å². The van der Waals surface area contributed by atoms with Crippen molar-refractivity contribution in [3.8, 4) is 17.1 Å². The molecular formula is C21H21N5O3. The molecular weight excluding hydrogens is 370 g/mol. The number of carbonyl (C=O) groups excluding carboxylic acids is 1. The van der Waals surface area contributed by atoms with E-state index >= 15 is 0 Å². The Morgan fingerprint density at radius 1 is 1.07 bits per heavy atom. The quantitative estimate of drug-likeness (QED) is 0.689. The van der Waals surface area contributed by atoms with Gasteiger partial charge in [0.15, 0.2) is 0 Å². The van der Waals surface area contributed by atoms with E-state index in [1.165, 1.54) is 18.3 Å². The maximum Gasteiger partial charge on any atom is 0.335 e. The number of carboxylic acids is 1. The highest BCUT2D eigenvalue weighted by molar-refractivity contribution is 5.88. The molecule has 4 rings (SSSR count). The summed E-state index contributed by atoms with van der Waals surface area (Å²) in [6, 6.07) is 10.5. The first-order valence-electron chi connectivity index (χ1n) is 9.52. The van der Waals surface area contributed by atoms with Crippen LogP contribution in [-0.4, -0.2) is 37.0 Å². The van der Waals surface area contributed by atoms with E-state index in [0.717, 1.165) is 43.4 Å². The Morgan fingerprint density at radius 3 is 2.59 bits per heavy atom. The highest BCUT2D eigenvalue weighted by Gasteiger charge is 2.39. The van der Waals surface area contributed by atoms with Gasteiger partial charge in [-0.15, -0.1) is 5.10 Å².